The van der Waals surface area contributed by atoms with E-state index in [4.69, 9.17) is 0 Å². The topological polar surface area (TPSA) is 20.3 Å². The van der Waals surface area contributed by atoms with Crippen LogP contribution in [0.15, 0.2) is 24.3 Å². The second-order valence-corrected chi connectivity index (χ2v) is 6.32. The number of benzene rings is 1. The minimum absolute atomic E-state index is 0.172. The van der Waals surface area contributed by atoms with Crippen LogP contribution < -0.4 is 0 Å². The summed E-state index contributed by atoms with van der Waals surface area (Å²) in [5.74, 6) is 0.172. The summed E-state index contributed by atoms with van der Waals surface area (Å²) < 4.78 is 1.16. The van der Waals surface area contributed by atoms with E-state index in [9.17, 15) is 4.79 Å². The summed E-state index contributed by atoms with van der Waals surface area (Å²) in [5.41, 5.74) is 0.804. The van der Waals surface area contributed by atoms with Gasteiger partial charge in [0.25, 0.3) is 5.91 Å². The molecule has 2 rings (SSSR count). The van der Waals surface area contributed by atoms with E-state index in [-0.39, 0.29) is 5.91 Å². The Bertz CT molecular complexity index is 389. The van der Waals surface area contributed by atoms with Crippen molar-refractivity contribution in [2.75, 3.05) is 11.9 Å². The summed E-state index contributed by atoms with van der Waals surface area (Å²) in [5, 5.41) is 0.847. The van der Waals surface area contributed by atoms with E-state index in [1.807, 2.05) is 29.2 Å². The Labute approximate surface area is 124 Å². The van der Waals surface area contributed by atoms with Crippen molar-refractivity contribution >= 4 is 44.4 Å². The minimum atomic E-state index is 0.172. The number of alkyl halides is 1. The lowest BCUT2D eigenvalue weighted by atomic mass is 9.91. The van der Waals surface area contributed by atoms with Gasteiger partial charge in [-0.3, -0.25) is 4.79 Å². The van der Waals surface area contributed by atoms with E-state index in [0.29, 0.717) is 6.04 Å². The van der Waals surface area contributed by atoms with Crippen LogP contribution in [-0.4, -0.2) is 28.7 Å². The molecule has 0 heterocycles. The third kappa shape index (κ3) is 3.22. The zero-order valence-electron chi connectivity index (χ0n) is 9.53. The Hall–Kier alpha value is -0.100. The number of rotatable bonds is 4. The highest BCUT2D eigenvalue weighted by Gasteiger charge is 2.28. The Morgan fingerprint density at radius 2 is 2.00 bits per heavy atom. The Balaban J connectivity index is 2.12. The molecule has 0 unspecified atom stereocenters. The Morgan fingerprint density at radius 1 is 1.35 bits per heavy atom. The van der Waals surface area contributed by atoms with Gasteiger partial charge in [0.15, 0.2) is 0 Å². The van der Waals surface area contributed by atoms with Crippen molar-refractivity contribution in [2.24, 2.45) is 0 Å². The summed E-state index contributed by atoms with van der Waals surface area (Å²) in [4.78, 5) is 14.4. The van der Waals surface area contributed by atoms with Crippen molar-refractivity contribution in [3.05, 3.63) is 33.4 Å². The number of hydrogen-bond acceptors (Lipinski definition) is 1. The third-order valence-corrected chi connectivity index (χ3v) is 4.27. The zero-order valence-corrected chi connectivity index (χ0v) is 13.3. The second kappa shape index (κ2) is 6.18. The molecule has 1 amide bonds. The van der Waals surface area contributed by atoms with Gasteiger partial charge >= 0.3 is 0 Å². The van der Waals surface area contributed by atoms with Crippen molar-refractivity contribution in [1.29, 1.82) is 0 Å². The van der Waals surface area contributed by atoms with Crippen LogP contribution in [0.25, 0.3) is 0 Å². The number of amides is 1. The molecule has 1 aliphatic carbocycles. The molecule has 0 N–H and O–H groups in total. The van der Waals surface area contributed by atoms with E-state index >= 15 is 0 Å². The summed E-state index contributed by atoms with van der Waals surface area (Å²) in [6.45, 7) is 0.801. The third-order valence-electron chi connectivity index (χ3n) is 3.19. The van der Waals surface area contributed by atoms with Crippen LogP contribution in [-0.2, 0) is 0 Å². The lowest BCUT2D eigenvalue weighted by Crippen LogP contribution is -2.45. The van der Waals surface area contributed by atoms with Gasteiger partial charge in [-0.25, -0.2) is 0 Å². The van der Waals surface area contributed by atoms with Crippen molar-refractivity contribution in [2.45, 2.75) is 25.3 Å². The van der Waals surface area contributed by atoms with Crippen LogP contribution in [0.4, 0.5) is 0 Å². The maximum absolute atomic E-state index is 12.4. The highest BCUT2D eigenvalue weighted by atomic mass is 127. The van der Waals surface area contributed by atoms with Crippen LogP contribution in [0.2, 0.25) is 0 Å². The molecule has 2 nitrogen and oxygen atoms in total. The van der Waals surface area contributed by atoms with Crippen molar-refractivity contribution in [3.8, 4) is 0 Å². The summed E-state index contributed by atoms with van der Waals surface area (Å²) in [6.07, 6.45) is 3.57. The molecule has 0 radical (unpaired) electrons. The maximum atomic E-state index is 12.4. The largest absolute Gasteiger partial charge is 0.335 e. The molecular formula is C13H15BrINO. The van der Waals surface area contributed by atoms with Crippen LogP contribution in [0.1, 0.15) is 29.6 Å². The molecule has 1 saturated carbocycles. The van der Waals surface area contributed by atoms with E-state index in [1.54, 1.807) is 0 Å². The predicted octanol–water partition coefficient (Wildman–Crippen LogP) is 3.68. The second-order valence-electron chi connectivity index (χ2n) is 4.28. The first-order valence-corrected chi connectivity index (χ1v) is 8.05. The molecule has 0 atom stereocenters. The van der Waals surface area contributed by atoms with Gasteiger partial charge in [0.1, 0.15) is 0 Å². The molecule has 17 heavy (non-hydrogen) atoms. The molecule has 1 aromatic carbocycles. The monoisotopic (exact) mass is 407 g/mol. The summed E-state index contributed by atoms with van der Waals surface area (Å²) in [7, 11) is 0. The summed E-state index contributed by atoms with van der Waals surface area (Å²) >= 11 is 5.68. The smallest absolute Gasteiger partial charge is 0.254 e. The molecule has 0 spiro atoms. The highest BCUT2D eigenvalue weighted by Crippen LogP contribution is 2.26. The first-order valence-electron chi connectivity index (χ1n) is 5.85. The van der Waals surface area contributed by atoms with Crippen molar-refractivity contribution < 1.29 is 4.79 Å². The number of hydrogen-bond donors (Lipinski definition) is 0. The normalized spacial score (nSPS) is 15.4. The van der Waals surface area contributed by atoms with E-state index in [2.05, 4.69) is 38.5 Å². The molecule has 1 fully saturated rings. The standard InChI is InChI=1S/C13H15BrINO/c14-8-9-16(12-2-1-3-12)13(17)10-4-6-11(15)7-5-10/h4-7,12H,1-3,8-9H2. The van der Waals surface area contributed by atoms with Gasteiger partial charge in [0.05, 0.1) is 0 Å². The van der Waals surface area contributed by atoms with Crippen LogP contribution >= 0.6 is 38.5 Å². The van der Waals surface area contributed by atoms with Gasteiger partial charge in [-0.1, -0.05) is 15.9 Å². The van der Waals surface area contributed by atoms with Crippen molar-refractivity contribution in [3.63, 3.8) is 0 Å². The number of halogens is 2. The van der Waals surface area contributed by atoms with Crippen LogP contribution in [0, 0.1) is 3.57 Å². The fraction of sp³-hybridized carbons (Fsp3) is 0.462. The number of nitrogens with zero attached hydrogens (tertiary/aromatic N) is 1. The molecule has 1 aromatic rings. The SMILES string of the molecule is O=C(c1ccc(I)cc1)N(CCBr)C1CCC1. The first kappa shape index (κ1) is 13.3. The Morgan fingerprint density at radius 3 is 2.47 bits per heavy atom. The van der Waals surface area contributed by atoms with Gasteiger partial charge in [0.2, 0.25) is 0 Å². The maximum Gasteiger partial charge on any atom is 0.254 e. The molecule has 0 bridgehead atoms. The van der Waals surface area contributed by atoms with Gasteiger partial charge < -0.3 is 4.90 Å². The van der Waals surface area contributed by atoms with Crippen LogP contribution in [0.5, 0.6) is 0 Å². The molecule has 0 aromatic heterocycles. The minimum Gasteiger partial charge on any atom is -0.335 e. The first-order chi connectivity index (χ1) is 8.22. The van der Waals surface area contributed by atoms with Gasteiger partial charge in [-0.15, -0.1) is 0 Å². The van der Waals surface area contributed by atoms with E-state index in [0.717, 1.165) is 33.9 Å². The quantitative estimate of drug-likeness (QED) is 0.550. The average Bonchev–Trinajstić information content (AvgIpc) is 2.26. The number of carbonyl (C=O) groups is 1. The molecule has 0 aliphatic heterocycles. The lowest BCUT2D eigenvalue weighted by Gasteiger charge is -2.37. The van der Waals surface area contributed by atoms with Gasteiger partial charge in [0, 0.05) is 27.1 Å². The molecule has 0 saturated heterocycles. The van der Waals surface area contributed by atoms with E-state index in [1.165, 1.54) is 6.42 Å². The average molecular weight is 408 g/mol. The lowest BCUT2D eigenvalue weighted by molar-refractivity contribution is 0.0599. The molecular weight excluding hydrogens is 393 g/mol. The van der Waals surface area contributed by atoms with Crippen molar-refractivity contribution in [1.82, 2.24) is 4.90 Å². The van der Waals surface area contributed by atoms with Crippen LogP contribution in [0.3, 0.4) is 0 Å². The molecule has 92 valence electrons. The van der Waals surface area contributed by atoms with E-state index < -0.39 is 0 Å². The Kier molecular flexibility index (Phi) is 4.85. The molecule has 4 heteroatoms. The zero-order chi connectivity index (χ0) is 12.3. The number of carbonyl (C=O) groups excluding carboxylic acids is 1. The predicted molar refractivity (Wildman–Crippen MR) is 81.6 cm³/mol. The van der Waals surface area contributed by atoms with Gasteiger partial charge in [-0.2, -0.15) is 0 Å². The fourth-order valence-corrected chi connectivity index (χ4v) is 2.74. The fourth-order valence-electron chi connectivity index (χ4n) is 2.00. The summed E-state index contributed by atoms with van der Waals surface area (Å²) in [6, 6.07) is 8.27. The van der Waals surface area contributed by atoms with Gasteiger partial charge in [-0.05, 0) is 66.1 Å². The highest BCUT2D eigenvalue weighted by molar-refractivity contribution is 14.1. The molecule has 1 aliphatic rings.